The summed E-state index contributed by atoms with van der Waals surface area (Å²) >= 11 is 24.6. The number of halogens is 4. The normalized spacial score (nSPS) is 12.2. The van der Waals surface area contributed by atoms with Crippen molar-refractivity contribution in [1.82, 2.24) is 10.2 Å². The number of carbonyl (C=O) groups is 2. The van der Waals surface area contributed by atoms with Crippen LogP contribution in [0.2, 0.25) is 20.1 Å². The summed E-state index contributed by atoms with van der Waals surface area (Å²) in [7, 11) is -4.22. The Hall–Kier alpha value is -2.49. The fraction of sp³-hybridized carbons (Fsp3) is 0.286. The van der Waals surface area contributed by atoms with Crippen molar-refractivity contribution in [2.45, 2.75) is 50.7 Å². The van der Waals surface area contributed by atoms with E-state index in [0.717, 1.165) is 4.31 Å². The quantitative estimate of drug-likeness (QED) is 0.248. The van der Waals surface area contributed by atoms with Gasteiger partial charge in [0.1, 0.15) is 12.6 Å². The summed E-state index contributed by atoms with van der Waals surface area (Å²) in [5.74, 6) is -0.972. The van der Waals surface area contributed by atoms with E-state index in [9.17, 15) is 18.0 Å². The summed E-state index contributed by atoms with van der Waals surface area (Å²) in [6.45, 7) is 4.78. The second kappa shape index (κ2) is 13.9. The minimum atomic E-state index is -4.22. The lowest BCUT2D eigenvalue weighted by molar-refractivity contribution is -0.140. The van der Waals surface area contributed by atoms with Crippen molar-refractivity contribution in [2.24, 2.45) is 0 Å². The van der Waals surface area contributed by atoms with E-state index in [1.54, 1.807) is 43.3 Å². The van der Waals surface area contributed by atoms with Crippen LogP contribution >= 0.6 is 46.4 Å². The number of sulfonamides is 1. The Labute approximate surface area is 255 Å². The molecule has 0 aliphatic rings. The van der Waals surface area contributed by atoms with Crippen LogP contribution in [0.4, 0.5) is 5.69 Å². The zero-order chi connectivity index (χ0) is 29.6. The molecule has 3 aromatic carbocycles. The zero-order valence-electron chi connectivity index (χ0n) is 22.1. The lowest BCUT2D eigenvalue weighted by Crippen LogP contribution is -2.53. The van der Waals surface area contributed by atoms with Crippen molar-refractivity contribution in [3.05, 3.63) is 92.4 Å². The summed E-state index contributed by atoms with van der Waals surface area (Å²) in [5, 5.41) is 3.82. The van der Waals surface area contributed by atoms with Gasteiger partial charge in [-0.3, -0.25) is 13.9 Å². The molecule has 0 aliphatic carbocycles. The van der Waals surface area contributed by atoms with Gasteiger partial charge in [0.05, 0.1) is 30.7 Å². The van der Waals surface area contributed by atoms with Crippen LogP contribution < -0.4 is 9.62 Å². The standard InChI is InChI=1S/C28H29Cl4N3O4S/c1-4-26(28(37)33-18(2)3)34(16-19-10-12-22(29)24(31)14-19)27(36)17-35(20-11-13-23(30)25(32)15-20)40(38,39)21-8-6-5-7-9-21/h5-15,18,26H,4,16-17H2,1-3H3,(H,33,37). The van der Waals surface area contributed by atoms with Crippen LogP contribution in [0.15, 0.2) is 71.6 Å². The average molecular weight is 645 g/mol. The van der Waals surface area contributed by atoms with Crippen molar-refractivity contribution >= 4 is 73.9 Å². The Morgan fingerprint density at radius 3 is 2.00 bits per heavy atom. The molecule has 2 amide bonds. The Morgan fingerprint density at radius 2 is 1.45 bits per heavy atom. The second-order valence-corrected chi connectivity index (χ2v) is 12.8. The number of hydrogen-bond acceptors (Lipinski definition) is 4. The van der Waals surface area contributed by atoms with E-state index in [-0.39, 0.29) is 50.6 Å². The first-order valence-electron chi connectivity index (χ1n) is 12.4. The average Bonchev–Trinajstić information content (AvgIpc) is 2.90. The lowest BCUT2D eigenvalue weighted by Gasteiger charge is -2.33. The maximum atomic E-state index is 14.0. The summed E-state index contributed by atoms with van der Waals surface area (Å²) in [5.41, 5.74) is 0.756. The van der Waals surface area contributed by atoms with Crippen LogP contribution in [-0.4, -0.2) is 43.8 Å². The number of hydrogen-bond donors (Lipinski definition) is 1. The number of nitrogens with one attached hydrogen (secondary N) is 1. The summed E-state index contributed by atoms with van der Waals surface area (Å²) in [6, 6.07) is 15.9. The van der Waals surface area contributed by atoms with Gasteiger partial charge < -0.3 is 10.2 Å². The Balaban J connectivity index is 2.09. The molecule has 40 heavy (non-hydrogen) atoms. The van der Waals surface area contributed by atoms with Gasteiger partial charge in [-0.2, -0.15) is 0 Å². The molecule has 3 rings (SSSR count). The van der Waals surface area contributed by atoms with Crippen LogP contribution in [0, 0.1) is 0 Å². The predicted molar refractivity (Wildman–Crippen MR) is 162 cm³/mol. The largest absolute Gasteiger partial charge is 0.352 e. The number of rotatable bonds is 11. The fourth-order valence-corrected chi connectivity index (χ4v) is 6.06. The Kier molecular flexibility index (Phi) is 11.1. The van der Waals surface area contributed by atoms with Crippen molar-refractivity contribution < 1.29 is 18.0 Å². The highest BCUT2D eigenvalue weighted by atomic mass is 35.5. The Bertz CT molecular complexity index is 1470. The highest BCUT2D eigenvalue weighted by Crippen LogP contribution is 2.31. The molecule has 0 aromatic heterocycles. The topological polar surface area (TPSA) is 86.8 Å². The van der Waals surface area contributed by atoms with Gasteiger partial charge in [0.2, 0.25) is 11.8 Å². The third-order valence-corrected chi connectivity index (χ3v) is 9.22. The monoisotopic (exact) mass is 643 g/mol. The summed E-state index contributed by atoms with van der Waals surface area (Å²) in [6.07, 6.45) is 0.282. The SMILES string of the molecule is CCC(C(=O)NC(C)C)N(Cc1ccc(Cl)c(Cl)c1)C(=O)CN(c1ccc(Cl)c(Cl)c1)S(=O)(=O)c1ccccc1. The highest BCUT2D eigenvalue weighted by Gasteiger charge is 2.34. The molecule has 0 saturated carbocycles. The number of amides is 2. The molecule has 3 aromatic rings. The van der Waals surface area contributed by atoms with E-state index in [0.29, 0.717) is 10.6 Å². The molecule has 12 heteroatoms. The minimum absolute atomic E-state index is 0.0135. The molecule has 0 spiro atoms. The molecule has 7 nitrogen and oxygen atoms in total. The van der Waals surface area contributed by atoms with E-state index in [1.807, 2.05) is 13.8 Å². The number of anilines is 1. The predicted octanol–water partition coefficient (Wildman–Crippen LogP) is 6.83. The van der Waals surface area contributed by atoms with Gasteiger partial charge >= 0.3 is 0 Å². The molecule has 0 heterocycles. The highest BCUT2D eigenvalue weighted by molar-refractivity contribution is 7.92. The van der Waals surface area contributed by atoms with Crippen molar-refractivity contribution in [3.63, 3.8) is 0 Å². The summed E-state index contributed by atoms with van der Waals surface area (Å²) in [4.78, 5) is 28.5. The first-order valence-corrected chi connectivity index (χ1v) is 15.4. The van der Waals surface area contributed by atoms with E-state index >= 15 is 0 Å². The maximum absolute atomic E-state index is 14.0. The number of carbonyl (C=O) groups excluding carboxylic acids is 2. The lowest BCUT2D eigenvalue weighted by atomic mass is 10.1. The molecule has 0 radical (unpaired) electrons. The van der Waals surface area contributed by atoms with E-state index < -0.39 is 28.5 Å². The first kappa shape index (κ1) is 32.0. The van der Waals surface area contributed by atoms with Crippen molar-refractivity contribution in [2.75, 3.05) is 10.8 Å². The number of nitrogens with zero attached hydrogens (tertiary/aromatic N) is 2. The van der Waals surface area contributed by atoms with E-state index in [2.05, 4.69) is 5.32 Å². The minimum Gasteiger partial charge on any atom is -0.352 e. The van der Waals surface area contributed by atoms with Crippen molar-refractivity contribution in [3.8, 4) is 0 Å². The van der Waals surface area contributed by atoms with Gasteiger partial charge in [-0.25, -0.2) is 8.42 Å². The van der Waals surface area contributed by atoms with Gasteiger partial charge in [-0.15, -0.1) is 0 Å². The van der Waals surface area contributed by atoms with Gasteiger partial charge in [0.25, 0.3) is 10.0 Å². The summed E-state index contributed by atoms with van der Waals surface area (Å²) < 4.78 is 28.6. The maximum Gasteiger partial charge on any atom is 0.264 e. The van der Waals surface area contributed by atoms with E-state index in [1.165, 1.54) is 35.2 Å². The third-order valence-electron chi connectivity index (χ3n) is 5.96. The van der Waals surface area contributed by atoms with Crippen LogP contribution in [-0.2, 0) is 26.2 Å². The van der Waals surface area contributed by atoms with Gasteiger partial charge in [-0.1, -0.05) is 77.6 Å². The van der Waals surface area contributed by atoms with E-state index in [4.69, 9.17) is 46.4 Å². The van der Waals surface area contributed by atoms with Gasteiger partial charge in [0.15, 0.2) is 0 Å². The van der Waals surface area contributed by atoms with Crippen LogP contribution in [0.1, 0.15) is 32.8 Å². The van der Waals surface area contributed by atoms with Crippen LogP contribution in [0.3, 0.4) is 0 Å². The van der Waals surface area contributed by atoms with Crippen LogP contribution in [0.25, 0.3) is 0 Å². The smallest absolute Gasteiger partial charge is 0.264 e. The molecule has 1 atom stereocenters. The molecule has 0 fully saturated rings. The zero-order valence-corrected chi connectivity index (χ0v) is 25.9. The van der Waals surface area contributed by atoms with Crippen molar-refractivity contribution in [1.29, 1.82) is 0 Å². The third kappa shape index (κ3) is 7.83. The molecule has 0 saturated heterocycles. The second-order valence-electron chi connectivity index (χ2n) is 9.28. The molecule has 0 aliphatic heterocycles. The molecule has 1 unspecified atom stereocenters. The van der Waals surface area contributed by atoms with Crippen LogP contribution in [0.5, 0.6) is 0 Å². The number of benzene rings is 3. The fourth-order valence-electron chi connectivity index (χ4n) is 4.02. The molecule has 1 N–H and O–H groups in total. The first-order chi connectivity index (χ1) is 18.8. The Morgan fingerprint density at radius 1 is 0.850 bits per heavy atom. The van der Waals surface area contributed by atoms with Gasteiger partial charge in [0, 0.05) is 12.6 Å². The molecular weight excluding hydrogens is 616 g/mol. The van der Waals surface area contributed by atoms with Gasteiger partial charge in [-0.05, 0) is 68.3 Å². The molecule has 214 valence electrons. The molecular formula is C28H29Cl4N3O4S. The molecule has 0 bridgehead atoms.